The molecule has 0 fully saturated rings. The third-order valence-corrected chi connectivity index (χ3v) is 2.63. The maximum Gasteiger partial charge on any atom is 0.221 e. The summed E-state index contributed by atoms with van der Waals surface area (Å²) in [6.45, 7) is 3.48. The Bertz CT molecular complexity index is 460. The Morgan fingerprint density at radius 2 is 2.16 bits per heavy atom. The zero-order valence-electron chi connectivity index (χ0n) is 11.2. The Labute approximate surface area is 112 Å². The summed E-state index contributed by atoms with van der Waals surface area (Å²) >= 11 is 0. The molecule has 6 nitrogen and oxygen atoms in total. The van der Waals surface area contributed by atoms with Crippen molar-refractivity contribution < 1.29 is 10.0 Å². The number of hydrogen-bond donors (Lipinski definition) is 4. The fourth-order valence-corrected chi connectivity index (χ4v) is 1.72. The van der Waals surface area contributed by atoms with Gasteiger partial charge < -0.3 is 21.6 Å². The third-order valence-electron chi connectivity index (χ3n) is 2.63. The molecular weight excluding hydrogens is 244 g/mol. The van der Waals surface area contributed by atoms with E-state index in [-0.39, 0.29) is 17.8 Å². The third kappa shape index (κ3) is 5.29. The van der Waals surface area contributed by atoms with E-state index in [0.717, 1.165) is 17.8 Å². The van der Waals surface area contributed by atoms with Crippen molar-refractivity contribution in [2.75, 3.05) is 10.6 Å². The molecule has 5 N–H and O–H groups in total. The van der Waals surface area contributed by atoms with Gasteiger partial charge in [-0.1, -0.05) is 18.1 Å². The molecule has 6 heteroatoms. The average molecular weight is 264 g/mol. The molecule has 0 aromatic heterocycles. The first-order valence-electron chi connectivity index (χ1n) is 6.15. The van der Waals surface area contributed by atoms with E-state index in [9.17, 15) is 4.79 Å². The summed E-state index contributed by atoms with van der Waals surface area (Å²) in [5.41, 5.74) is 7.11. The topological polar surface area (TPSA) is 99.7 Å². The van der Waals surface area contributed by atoms with Crippen molar-refractivity contribution in [2.24, 2.45) is 10.9 Å². The normalized spacial score (nSPS) is 12.8. The van der Waals surface area contributed by atoms with Gasteiger partial charge in [-0.3, -0.25) is 4.79 Å². The van der Waals surface area contributed by atoms with E-state index in [2.05, 4.69) is 15.8 Å². The van der Waals surface area contributed by atoms with Crippen molar-refractivity contribution in [1.82, 2.24) is 0 Å². The maximum absolute atomic E-state index is 11.0. The summed E-state index contributed by atoms with van der Waals surface area (Å²) in [6.07, 6.45) is 1.29. The van der Waals surface area contributed by atoms with Gasteiger partial charge in [0.2, 0.25) is 5.91 Å². The number of nitrogens with one attached hydrogen (secondary N) is 2. The predicted molar refractivity (Wildman–Crippen MR) is 76.5 cm³/mol. The monoisotopic (exact) mass is 264 g/mol. The largest absolute Gasteiger partial charge is 0.409 e. The van der Waals surface area contributed by atoms with Crippen LogP contribution in [-0.2, 0) is 4.79 Å². The van der Waals surface area contributed by atoms with Crippen molar-refractivity contribution in [3.63, 3.8) is 0 Å². The SMILES string of the molecule is CCC(CC(N)=NO)Nc1cccc(NC(C)=O)c1. The predicted octanol–water partition coefficient (Wildman–Crippen LogP) is 1.97. The minimum atomic E-state index is -0.110. The van der Waals surface area contributed by atoms with Gasteiger partial charge in [-0.15, -0.1) is 0 Å². The van der Waals surface area contributed by atoms with Crippen molar-refractivity contribution >= 4 is 23.1 Å². The number of carbonyl (C=O) groups excluding carboxylic acids is 1. The van der Waals surface area contributed by atoms with E-state index in [1.807, 2.05) is 31.2 Å². The lowest BCUT2D eigenvalue weighted by Gasteiger charge is -2.18. The first-order valence-corrected chi connectivity index (χ1v) is 6.15. The first kappa shape index (κ1) is 14.8. The minimum Gasteiger partial charge on any atom is -0.409 e. The number of nitrogens with zero attached hydrogens (tertiary/aromatic N) is 1. The lowest BCUT2D eigenvalue weighted by Crippen LogP contribution is -2.26. The first-order chi connectivity index (χ1) is 9.05. The molecule has 1 unspecified atom stereocenters. The quantitative estimate of drug-likeness (QED) is 0.273. The fourth-order valence-electron chi connectivity index (χ4n) is 1.72. The molecule has 0 radical (unpaired) electrons. The molecule has 0 aliphatic rings. The molecule has 0 bridgehead atoms. The summed E-state index contributed by atoms with van der Waals surface area (Å²) < 4.78 is 0. The highest BCUT2D eigenvalue weighted by Crippen LogP contribution is 2.17. The van der Waals surface area contributed by atoms with Gasteiger partial charge in [0.15, 0.2) is 0 Å². The highest BCUT2D eigenvalue weighted by molar-refractivity contribution is 5.89. The number of anilines is 2. The van der Waals surface area contributed by atoms with Gasteiger partial charge in [0.05, 0.1) is 0 Å². The molecule has 0 heterocycles. The fraction of sp³-hybridized carbons (Fsp3) is 0.385. The van der Waals surface area contributed by atoms with E-state index < -0.39 is 0 Å². The molecule has 1 aromatic rings. The Morgan fingerprint density at radius 1 is 1.47 bits per heavy atom. The lowest BCUT2D eigenvalue weighted by molar-refractivity contribution is -0.114. The van der Waals surface area contributed by atoms with Gasteiger partial charge in [-0.25, -0.2) is 0 Å². The average Bonchev–Trinajstić information content (AvgIpc) is 2.37. The second kappa shape index (κ2) is 7.25. The van der Waals surface area contributed by atoms with Gasteiger partial charge in [-0.05, 0) is 24.6 Å². The van der Waals surface area contributed by atoms with Gasteiger partial charge in [0.25, 0.3) is 0 Å². The van der Waals surface area contributed by atoms with Crippen LogP contribution in [0, 0.1) is 0 Å². The highest BCUT2D eigenvalue weighted by atomic mass is 16.4. The van der Waals surface area contributed by atoms with Crippen molar-refractivity contribution in [2.45, 2.75) is 32.7 Å². The summed E-state index contributed by atoms with van der Waals surface area (Å²) in [5, 5.41) is 17.6. The van der Waals surface area contributed by atoms with Crippen molar-refractivity contribution in [3.05, 3.63) is 24.3 Å². The number of rotatable bonds is 6. The van der Waals surface area contributed by atoms with E-state index >= 15 is 0 Å². The summed E-state index contributed by atoms with van der Waals surface area (Å²) in [6, 6.07) is 7.49. The lowest BCUT2D eigenvalue weighted by atomic mass is 10.1. The molecule has 0 saturated carbocycles. The van der Waals surface area contributed by atoms with Crippen LogP contribution in [0.3, 0.4) is 0 Å². The second-order valence-electron chi connectivity index (χ2n) is 4.31. The zero-order valence-corrected chi connectivity index (χ0v) is 11.2. The number of amidine groups is 1. The molecule has 0 saturated heterocycles. The van der Waals surface area contributed by atoms with Gasteiger partial charge in [-0.2, -0.15) is 0 Å². The number of hydrogen-bond acceptors (Lipinski definition) is 4. The molecule has 1 rings (SSSR count). The molecule has 0 spiro atoms. The summed E-state index contributed by atoms with van der Waals surface area (Å²) in [4.78, 5) is 11.0. The second-order valence-corrected chi connectivity index (χ2v) is 4.31. The van der Waals surface area contributed by atoms with E-state index in [1.54, 1.807) is 0 Å². The van der Waals surface area contributed by atoms with Crippen LogP contribution in [0.2, 0.25) is 0 Å². The maximum atomic E-state index is 11.0. The minimum absolute atomic E-state index is 0.0727. The van der Waals surface area contributed by atoms with Crippen LogP contribution in [-0.4, -0.2) is 23.0 Å². The number of amides is 1. The van der Waals surface area contributed by atoms with Gasteiger partial charge in [0.1, 0.15) is 5.84 Å². The van der Waals surface area contributed by atoms with Crippen LogP contribution in [0.5, 0.6) is 0 Å². The molecule has 0 aliphatic carbocycles. The molecule has 19 heavy (non-hydrogen) atoms. The Kier molecular flexibility index (Phi) is 5.66. The molecule has 0 aliphatic heterocycles. The van der Waals surface area contributed by atoms with E-state index in [4.69, 9.17) is 10.9 Å². The van der Waals surface area contributed by atoms with Crippen molar-refractivity contribution in [3.8, 4) is 0 Å². The molecule has 1 amide bonds. The molecule has 1 aromatic carbocycles. The Hall–Kier alpha value is -2.24. The molecule has 1 atom stereocenters. The van der Waals surface area contributed by atoms with Crippen molar-refractivity contribution in [1.29, 1.82) is 0 Å². The van der Waals surface area contributed by atoms with Crippen LogP contribution in [0.4, 0.5) is 11.4 Å². The summed E-state index contributed by atoms with van der Waals surface area (Å²) in [7, 11) is 0. The zero-order chi connectivity index (χ0) is 14.3. The van der Waals surface area contributed by atoms with Gasteiger partial charge >= 0.3 is 0 Å². The van der Waals surface area contributed by atoms with E-state index in [1.165, 1.54) is 6.92 Å². The number of carbonyl (C=O) groups is 1. The van der Waals surface area contributed by atoms with Crippen LogP contribution in [0.25, 0.3) is 0 Å². The number of benzene rings is 1. The molecule has 104 valence electrons. The van der Waals surface area contributed by atoms with Crippen LogP contribution < -0.4 is 16.4 Å². The standard InChI is InChI=1S/C13H20N4O2/c1-3-10(8-13(14)17-19)16-12-6-4-5-11(7-12)15-9(2)18/h4-7,10,16,19H,3,8H2,1-2H3,(H2,14,17)(H,15,18). The van der Waals surface area contributed by atoms with Gasteiger partial charge in [0, 0.05) is 30.8 Å². The smallest absolute Gasteiger partial charge is 0.221 e. The highest BCUT2D eigenvalue weighted by Gasteiger charge is 2.09. The number of nitrogens with two attached hydrogens (primary N) is 1. The van der Waals surface area contributed by atoms with Crippen LogP contribution in [0.15, 0.2) is 29.4 Å². The Balaban J connectivity index is 2.71. The molecular formula is C13H20N4O2. The van der Waals surface area contributed by atoms with E-state index in [0.29, 0.717) is 6.42 Å². The van der Waals surface area contributed by atoms with Crippen LogP contribution in [0.1, 0.15) is 26.7 Å². The number of oxime groups is 1. The van der Waals surface area contributed by atoms with Crippen LogP contribution >= 0.6 is 0 Å². The summed E-state index contributed by atoms with van der Waals surface area (Å²) in [5.74, 6) is 0.0817. The Morgan fingerprint density at radius 3 is 2.74 bits per heavy atom.